The van der Waals surface area contributed by atoms with Gasteiger partial charge in [0.05, 0.1) is 6.04 Å². The quantitative estimate of drug-likeness (QED) is 0.525. The van der Waals surface area contributed by atoms with Gasteiger partial charge in [-0.1, -0.05) is 54.6 Å². The summed E-state index contributed by atoms with van der Waals surface area (Å²) in [5.41, 5.74) is 5.03. The molecular weight excluding hydrogens is 372 g/mol. The van der Waals surface area contributed by atoms with Crippen LogP contribution < -0.4 is 4.90 Å². The molecule has 1 aliphatic rings. The van der Waals surface area contributed by atoms with Crippen LogP contribution in [0.1, 0.15) is 28.4 Å². The normalized spacial score (nSPS) is 16.1. The molecule has 0 saturated carbocycles. The van der Waals surface area contributed by atoms with Crippen LogP contribution in [0.2, 0.25) is 0 Å². The summed E-state index contributed by atoms with van der Waals surface area (Å²) in [4.78, 5) is 13.7. The fourth-order valence-corrected chi connectivity index (χ4v) is 4.46. The van der Waals surface area contributed by atoms with Crippen molar-refractivity contribution in [2.75, 3.05) is 31.1 Å². The minimum absolute atomic E-state index is 0.264. The Morgan fingerprint density at radius 2 is 1.60 bits per heavy atom. The number of anilines is 1. The summed E-state index contributed by atoms with van der Waals surface area (Å²) >= 11 is 0. The topological polar surface area (TPSA) is 49.6 Å². The molecule has 5 rings (SSSR count). The molecule has 152 valence electrons. The van der Waals surface area contributed by atoms with Crippen LogP contribution in [0.25, 0.3) is 5.78 Å². The number of rotatable bonds is 4. The summed E-state index contributed by atoms with van der Waals surface area (Å²) in [7, 11) is 0. The van der Waals surface area contributed by atoms with Crippen LogP contribution in [-0.2, 0) is 0 Å². The van der Waals surface area contributed by atoms with Crippen molar-refractivity contribution in [2.24, 2.45) is 0 Å². The molecule has 0 spiro atoms. The fourth-order valence-electron chi connectivity index (χ4n) is 4.46. The predicted molar refractivity (Wildman–Crippen MR) is 119 cm³/mol. The molecule has 4 aromatic rings. The van der Waals surface area contributed by atoms with Crippen LogP contribution >= 0.6 is 0 Å². The second kappa shape index (κ2) is 7.88. The summed E-state index contributed by atoms with van der Waals surface area (Å²) in [6, 6.07) is 22.0. The van der Waals surface area contributed by atoms with E-state index in [1.807, 2.05) is 11.4 Å². The molecular formula is C24H26N6. The number of hydrogen-bond acceptors (Lipinski definition) is 5. The van der Waals surface area contributed by atoms with Crippen molar-refractivity contribution < 1.29 is 0 Å². The minimum atomic E-state index is 0.264. The minimum Gasteiger partial charge on any atom is -0.354 e. The van der Waals surface area contributed by atoms with Gasteiger partial charge in [0.2, 0.25) is 0 Å². The van der Waals surface area contributed by atoms with Crippen molar-refractivity contribution >= 4 is 11.6 Å². The monoisotopic (exact) mass is 398 g/mol. The first-order chi connectivity index (χ1) is 14.7. The molecule has 0 aliphatic carbocycles. The highest BCUT2D eigenvalue weighted by Crippen LogP contribution is 2.32. The van der Waals surface area contributed by atoms with Crippen molar-refractivity contribution in [1.82, 2.24) is 24.5 Å². The molecule has 1 atom stereocenters. The van der Waals surface area contributed by atoms with Crippen molar-refractivity contribution in [3.63, 3.8) is 0 Å². The van der Waals surface area contributed by atoms with Crippen LogP contribution in [0.15, 0.2) is 67.0 Å². The fraction of sp³-hybridized carbons (Fsp3) is 0.292. The van der Waals surface area contributed by atoms with Crippen molar-refractivity contribution in [3.05, 3.63) is 89.4 Å². The maximum Gasteiger partial charge on any atom is 0.254 e. The van der Waals surface area contributed by atoms with Crippen LogP contribution in [0.4, 0.5) is 5.82 Å². The second-order valence-electron chi connectivity index (χ2n) is 7.92. The molecule has 6 heteroatoms. The second-order valence-corrected chi connectivity index (χ2v) is 7.92. The molecule has 6 nitrogen and oxygen atoms in total. The smallest absolute Gasteiger partial charge is 0.254 e. The highest BCUT2D eigenvalue weighted by Gasteiger charge is 2.28. The van der Waals surface area contributed by atoms with Gasteiger partial charge in [0, 0.05) is 37.9 Å². The zero-order chi connectivity index (χ0) is 20.5. The van der Waals surface area contributed by atoms with Crippen molar-refractivity contribution in [1.29, 1.82) is 0 Å². The Labute approximate surface area is 176 Å². The number of fused-ring (bicyclic) bond motifs is 1. The molecule has 3 heterocycles. The Hall–Kier alpha value is -3.25. The van der Waals surface area contributed by atoms with Gasteiger partial charge in [-0.05, 0) is 30.5 Å². The van der Waals surface area contributed by atoms with Gasteiger partial charge in [-0.3, -0.25) is 4.90 Å². The molecule has 1 aliphatic heterocycles. The number of piperazine rings is 1. The van der Waals surface area contributed by atoms with E-state index in [0.29, 0.717) is 5.78 Å². The third-order valence-electron chi connectivity index (χ3n) is 5.96. The number of nitrogens with zero attached hydrogens (tertiary/aromatic N) is 6. The van der Waals surface area contributed by atoms with Gasteiger partial charge in [0.1, 0.15) is 12.1 Å². The Balaban J connectivity index is 1.43. The van der Waals surface area contributed by atoms with E-state index in [-0.39, 0.29) is 6.04 Å². The summed E-state index contributed by atoms with van der Waals surface area (Å²) in [5.74, 6) is 1.73. The van der Waals surface area contributed by atoms with Gasteiger partial charge >= 0.3 is 0 Å². The third kappa shape index (κ3) is 3.44. The standard InChI is InChI=1S/C24H26N6/c1-18-8-6-7-11-21(18)23(20-9-4-3-5-10-20)29-14-12-28(13-15-29)22-16-19(2)27-24-25-17-26-30(22)24/h3-11,16-17,23H,12-15H2,1-2H3. The van der Waals surface area contributed by atoms with Crippen LogP contribution in [-0.4, -0.2) is 50.7 Å². The maximum atomic E-state index is 4.48. The van der Waals surface area contributed by atoms with E-state index in [4.69, 9.17) is 0 Å². The summed E-state index contributed by atoms with van der Waals surface area (Å²) in [6.07, 6.45) is 1.57. The molecule has 1 unspecified atom stereocenters. The molecule has 0 bridgehead atoms. The van der Waals surface area contributed by atoms with E-state index in [1.165, 1.54) is 16.7 Å². The SMILES string of the molecule is Cc1cc(N2CCN(C(c3ccccc3)c3ccccc3C)CC2)n2ncnc2n1. The molecule has 1 fully saturated rings. The molecule has 0 amide bonds. The van der Waals surface area contributed by atoms with Crippen molar-refractivity contribution in [3.8, 4) is 0 Å². The lowest BCUT2D eigenvalue weighted by Crippen LogP contribution is -2.48. The predicted octanol–water partition coefficient (Wildman–Crippen LogP) is 3.65. The lowest BCUT2D eigenvalue weighted by molar-refractivity contribution is 0.211. The van der Waals surface area contributed by atoms with E-state index >= 15 is 0 Å². The molecule has 0 N–H and O–H groups in total. The third-order valence-corrected chi connectivity index (χ3v) is 5.96. The highest BCUT2D eigenvalue weighted by molar-refractivity contribution is 5.48. The average molecular weight is 399 g/mol. The first-order valence-corrected chi connectivity index (χ1v) is 10.5. The molecule has 0 radical (unpaired) electrons. The van der Waals surface area contributed by atoms with Gasteiger partial charge in [0.25, 0.3) is 5.78 Å². The summed E-state index contributed by atoms with van der Waals surface area (Å²) in [6.45, 7) is 8.05. The van der Waals surface area contributed by atoms with Gasteiger partial charge in [0.15, 0.2) is 0 Å². The number of aromatic nitrogens is 4. The Bertz CT molecular complexity index is 1140. The Kier molecular flexibility index (Phi) is 4.93. The number of aryl methyl sites for hydroxylation is 2. The number of benzene rings is 2. The molecule has 2 aromatic heterocycles. The van der Waals surface area contributed by atoms with Gasteiger partial charge in [-0.15, -0.1) is 0 Å². The zero-order valence-electron chi connectivity index (χ0n) is 17.4. The van der Waals surface area contributed by atoms with E-state index < -0.39 is 0 Å². The Morgan fingerprint density at radius 3 is 2.37 bits per heavy atom. The first kappa shape index (κ1) is 18.8. The summed E-state index contributed by atoms with van der Waals surface area (Å²) in [5, 5.41) is 4.38. The van der Waals surface area contributed by atoms with E-state index in [1.54, 1.807) is 6.33 Å². The summed E-state index contributed by atoms with van der Waals surface area (Å²) < 4.78 is 1.85. The zero-order valence-corrected chi connectivity index (χ0v) is 17.4. The average Bonchev–Trinajstić information content (AvgIpc) is 3.24. The lowest BCUT2D eigenvalue weighted by atomic mass is 9.93. The first-order valence-electron chi connectivity index (χ1n) is 10.5. The van der Waals surface area contributed by atoms with Crippen LogP contribution in [0.5, 0.6) is 0 Å². The number of hydrogen-bond donors (Lipinski definition) is 0. The molecule has 30 heavy (non-hydrogen) atoms. The lowest BCUT2D eigenvalue weighted by Gasteiger charge is -2.41. The van der Waals surface area contributed by atoms with Gasteiger partial charge in [-0.2, -0.15) is 14.6 Å². The van der Waals surface area contributed by atoms with E-state index in [2.05, 4.69) is 92.5 Å². The van der Waals surface area contributed by atoms with Gasteiger partial charge < -0.3 is 4.90 Å². The van der Waals surface area contributed by atoms with E-state index in [0.717, 1.165) is 37.7 Å². The van der Waals surface area contributed by atoms with Crippen molar-refractivity contribution in [2.45, 2.75) is 19.9 Å². The largest absolute Gasteiger partial charge is 0.354 e. The van der Waals surface area contributed by atoms with Gasteiger partial charge in [-0.25, -0.2) is 4.98 Å². The van der Waals surface area contributed by atoms with Crippen LogP contribution in [0, 0.1) is 13.8 Å². The molecule has 1 saturated heterocycles. The Morgan fingerprint density at radius 1 is 0.867 bits per heavy atom. The van der Waals surface area contributed by atoms with Crippen LogP contribution in [0.3, 0.4) is 0 Å². The molecule has 2 aromatic carbocycles. The highest BCUT2D eigenvalue weighted by atomic mass is 15.4. The van der Waals surface area contributed by atoms with E-state index in [9.17, 15) is 0 Å². The maximum absolute atomic E-state index is 4.48.